The van der Waals surface area contributed by atoms with Gasteiger partial charge in [0.1, 0.15) is 12.6 Å². The van der Waals surface area contributed by atoms with Crippen LogP contribution in [0.25, 0.3) is 0 Å². The van der Waals surface area contributed by atoms with E-state index in [1.54, 1.807) is 0 Å². The molecule has 0 bridgehead atoms. The first-order valence-electron chi connectivity index (χ1n) is 5.02. The molecule has 0 aromatic heterocycles. The van der Waals surface area contributed by atoms with Gasteiger partial charge in [0.15, 0.2) is 5.96 Å². The number of hydrogen-bond acceptors (Lipinski definition) is 4. The third kappa shape index (κ3) is 3.74. The average Bonchev–Trinajstić information content (AvgIpc) is 2.63. The molecule has 1 rings (SSSR count). The van der Waals surface area contributed by atoms with Crippen LogP contribution in [0.5, 0.6) is 0 Å². The van der Waals surface area contributed by atoms with E-state index in [-0.39, 0.29) is 24.8 Å². The number of carbonyl (C=O) groups excluding carboxylic acids is 2. The van der Waals surface area contributed by atoms with Gasteiger partial charge in [-0.1, -0.05) is 0 Å². The fourth-order valence-corrected chi connectivity index (χ4v) is 1.39. The summed E-state index contributed by atoms with van der Waals surface area (Å²) in [5.74, 6) is -2.10. The van der Waals surface area contributed by atoms with Crippen molar-refractivity contribution in [3.05, 3.63) is 0 Å². The van der Waals surface area contributed by atoms with E-state index in [9.17, 15) is 14.4 Å². The summed E-state index contributed by atoms with van der Waals surface area (Å²) >= 11 is 0. The zero-order valence-corrected chi connectivity index (χ0v) is 9.32. The van der Waals surface area contributed by atoms with Crippen molar-refractivity contribution >= 4 is 23.7 Å². The molecule has 94 valence electrons. The molecule has 17 heavy (non-hydrogen) atoms. The molecule has 0 radical (unpaired) electrons. The fraction of sp³-hybridized carbons (Fsp3) is 0.556. The van der Waals surface area contributed by atoms with Crippen molar-refractivity contribution in [2.24, 2.45) is 0 Å². The maximum absolute atomic E-state index is 11.6. The van der Waals surface area contributed by atoms with Crippen LogP contribution < -0.4 is 10.6 Å². The molecule has 8 heteroatoms. The number of likely N-dealkylation sites (N-methyl/N-ethyl adjacent to an activating group) is 1. The van der Waals surface area contributed by atoms with Gasteiger partial charge >= 0.3 is 5.97 Å². The Labute approximate surface area is 97.5 Å². The molecule has 2 amide bonds. The Kier molecular flexibility index (Phi) is 4.02. The van der Waals surface area contributed by atoms with Crippen molar-refractivity contribution in [1.82, 2.24) is 15.5 Å². The second-order valence-corrected chi connectivity index (χ2v) is 3.75. The Morgan fingerprint density at radius 1 is 1.65 bits per heavy atom. The van der Waals surface area contributed by atoms with Gasteiger partial charge in [0.2, 0.25) is 11.8 Å². The highest BCUT2D eigenvalue weighted by Gasteiger charge is 2.28. The van der Waals surface area contributed by atoms with Gasteiger partial charge in [-0.15, -0.1) is 0 Å². The topological polar surface area (TPSA) is 123 Å². The quantitative estimate of drug-likeness (QED) is 0.348. The minimum Gasteiger partial charge on any atom is -0.480 e. The SMILES string of the molecule is CN(CC(=O)O)C(=N)NC(=O)[C@@H]1CCC(=O)N1. The number of amides is 2. The molecule has 8 nitrogen and oxygen atoms in total. The van der Waals surface area contributed by atoms with E-state index in [0.717, 1.165) is 4.90 Å². The third-order valence-corrected chi connectivity index (χ3v) is 2.31. The largest absolute Gasteiger partial charge is 0.480 e. The van der Waals surface area contributed by atoms with Crippen LogP contribution in [0.2, 0.25) is 0 Å². The number of carbonyl (C=O) groups is 3. The number of nitrogens with one attached hydrogen (secondary N) is 3. The van der Waals surface area contributed by atoms with Gasteiger partial charge < -0.3 is 15.3 Å². The Morgan fingerprint density at radius 3 is 2.76 bits per heavy atom. The molecular weight excluding hydrogens is 228 g/mol. The van der Waals surface area contributed by atoms with Crippen molar-refractivity contribution in [3.8, 4) is 0 Å². The van der Waals surface area contributed by atoms with Crippen molar-refractivity contribution in [2.45, 2.75) is 18.9 Å². The zero-order chi connectivity index (χ0) is 13.0. The second-order valence-electron chi connectivity index (χ2n) is 3.75. The highest BCUT2D eigenvalue weighted by Crippen LogP contribution is 2.06. The smallest absolute Gasteiger partial charge is 0.323 e. The van der Waals surface area contributed by atoms with Gasteiger partial charge in [0, 0.05) is 13.5 Å². The lowest BCUT2D eigenvalue weighted by Gasteiger charge is -2.19. The Balaban J connectivity index is 2.43. The first kappa shape index (κ1) is 12.9. The molecule has 1 atom stereocenters. The number of nitrogens with zero attached hydrogens (tertiary/aromatic N) is 1. The third-order valence-electron chi connectivity index (χ3n) is 2.31. The predicted octanol–water partition coefficient (Wildman–Crippen LogP) is -1.67. The monoisotopic (exact) mass is 242 g/mol. The van der Waals surface area contributed by atoms with Gasteiger partial charge in [-0.05, 0) is 6.42 Å². The number of hydrogen-bond donors (Lipinski definition) is 4. The van der Waals surface area contributed by atoms with Crippen LogP contribution in [0.15, 0.2) is 0 Å². The normalized spacial score (nSPS) is 18.4. The number of aliphatic carboxylic acids is 1. The summed E-state index contributed by atoms with van der Waals surface area (Å²) in [6.45, 7) is -0.379. The molecule has 1 heterocycles. The number of guanidine groups is 1. The second kappa shape index (κ2) is 5.28. The van der Waals surface area contributed by atoms with Gasteiger partial charge in [0.25, 0.3) is 0 Å². The highest BCUT2D eigenvalue weighted by molar-refractivity contribution is 6.01. The van der Waals surface area contributed by atoms with Crippen LogP contribution in [0.4, 0.5) is 0 Å². The van der Waals surface area contributed by atoms with Crippen LogP contribution in [0.1, 0.15) is 12.8 Å². The molecule has 0 aromatic carbocycles. The Bertz CT molecular complexity index is 368. The summed E-state index contributed by atoms with van der Waals surface area (Å²) in [5, 5.41) is 20.7. The number of carboxylic acids is 1. The van der Waals surface area contributed by atoms with E-state index in [4.69, 9.17) is 10.5 Å². The fourth-order valence-electron chi connectivity index (χ4n) is 1.39. The summed E-state index contributed by atoms with van der Waals surface area (Å²) in [6, 6.07) is -0.638. The summed E-state index contributed by atoms with van der Waals surface area (Å²) in [5.41, 5.74) is 0. The van der Waals surface area contributed by atoms with Crippen molar-refractivity contribution in [2.75, 3.05) is 13.6 Å². The summed E-state index contributed by atoms with van der Waals surface area (Å²) in [7, 11) is 1.38. The first-order valence-corrected chi connectivity index (χ1v) is 5.02. The van der Waals surface area contributed by atoms with Gasteiger partial charge in [-0.2, -0.15) is 0 Å². The molecular formula is C9H14N4O4. The van der Waals surface area contributed by atoms with Crippen LogP contribution in [-0.4, -0.2) is 53.4 Å². The Morgan fingerprint density at radius 2 is 2.29 bits per heavy atom. The molecule has 0 saturated carbocycles. The van der Waals surface area contributed by atoms with E-state index in [2.05, 4.69) is 10.6 Å². The van der Waals surface area contributed by atoms with Gasteiger partial charge in [0.05, 0.1) is 0 Å². The summed E-state index contributed by atoms with van der Waals surface area (Å²) in [4.78, 5) is 33.9. The lowest BCUT2D eigenvalue weighted by atomic mass is 10.2. The molecule has 1 aliphatic heterocycles. The lowest BCUT2D eigenvalue weighted by molar-refractivity contribution is -0.137. The molecule has 1 saturated heterocycles. The predicted molar refractivity (Wildman–Crippen MR) is 57.3 cm³/mol. The first-order chi connectivity index (χ1) is 7.90. The minimum absolute atomic E-state index is 0.199. The van der Waals surface area contributed by atoms with Crippen molar-refractivity contribution < 1.29 is 19.5 Å². The Hall–Kier alpha value is -2.12. The van der Waals surface area contributed by atoms with Crippen LogP contribution in [-0.2, 0) is 14.4 Å². The molecule has 1 fully saturated rings. The molecule has 0 unspecified atom stereocenters. The maximum Gasteiger partial charge on any atom is 0.323 e. The average molecular weight is 242 g/mol. The lowest BCUT2D eigenvalue weighted by Crippen LogP contribution is -2.49. The molecule has 0 aliphatic carbocycles. The van der Waals surface area contributed by atoms with E-state index >= 15 is 0 Å². The van der Waals surface area contributed by atoms with Crippen LogP contribution in [0, 0.1) is 5.41 Å². The van der Waals surface area contributed by atoms with E-state index < -0.39 is 17.9 Å². The van der Waals surface area contributed by atoms with Crippen molar-refractivity contribution in [3.63, 3.8) is 0 Å². The summed E-state index contributed by atoms with van der Waals surface area (Å²) < 4.78 is 0. The number of carboxylic acid groups (broad SMARTS) is 1. The maximum atomic E-state index is 11.6. The molecule has 0 aromatic rings. The van der Waals surface area contributed by atoms with Crippen LogP contribution >= 0.6 is 0 Å². The van der Waals surface area contributed by atoms with Crippen LogP contribution in [0.3, 0.4) is 0 Å². The van der Waals surface area contributed by atoms with Gasteiger partial charge in [-0.3, -0.25) is 25.1 Å². The molecule has 4 N–H and O–H groups in total. The van der Waals surface area contributed by atoms with E-state index in [1.807, 2.05) is 0 Å². The van der Waals surface area contributed by atoms with E-state index in [0.29, 0.717) is 6.42 Å². The van der Waals surface area contributed by atoms with Gasteiger partial charge in [-0.25, -0.2) is 0 Å². The standard InChI is InChI=1S/C9H14N4O4/c1-13(4-7(15)16)9(10)12-8(17)5-2-3-6(14)11-5/h5H,2-4H2,1H3,(H,11,14)(H,15,16)(H2,10,12,17)/t5-/m0/s1. The zero-order valence-electron chi connectivity index (χ0n) is 9.32. The molecule has 1 aliphatic rings. The number of rotatable bonds is 3. The van der Waals surface area contributed by atoms with E-state index in [1.165, 1.54) is 7.05 Å². The summed E-state index contributed by atoms with van der Waals surface area (Å²) in [6.07, 6.45) is 0.678. The van der Waals surface area contributed by atoms with Crippen molar-refractivity contribution in [1.29, 1.82) is 5.41 Å². The highest BCUT2D eigenvalue weighted by atomic mass is 16.4. The molecule has 0 spiro atoms. The minimum atomic E-state index is -1.10.